The Morgan fingerprint density at radius 1 is 1.48 bits per heavy atom. The SMILES string of the molecule is O=C(NCCOc1ccc(F)cc1Cl)NCC1CCCO1. The van der Waals surface area contributed by atoms with Gasteiger partial charge in [0, 0.05) is 13.2 Å². The van der Waals surface area contributed by atoms with E-state index in [1.807, 2.05) is 0 Å². The van der Waals surface area contributed by atoms with E-state index in [1.54, 1.807) is 0 Å². The van der Waals surface area contributed by atoms with Crippen LogP contribution >= 0.6 is 11.6 Å². The zero-order valence-electron chi connectivity index (χ0n) is 11.5. The smallest absolute Gasteiger partial charge is 0.315 e. The van der Waals surface area contributed by atoms with Crippen LogP contribution in [-0.2, 0) is 4.74 Å². The summed E-state index contributed by atoms with van der Waals surface area (Å²) in [6, 6.07) is 3.64. The second kappa shape index (κ2) is 8.05. The van der Waals surface area contributed by atoms with Gasteiger partial charge in [0.1, 0.15) is 18.2 Å². The van der Waals surface area contributed by atoms with Gasteiger partial charge in [-0.15, -0.1) is 0 Å². The van der Waals surface area contributed by atoms with Gasteiger partial charge in [-0.3, -0.25) is 0 Å². The van der Waals surface area contributed by atoms with Gasteiger partial charge >= 0.3 is 6.03 Å². The van der Waals surface area contributed by atoms with Crippen molar-refractivity contribution in [2.24, 2.45) is 0 Å². The normalized spacial score (nSPS) is 17.5. The number of rotatable bonds is 6. The van der Waals surface area contributed by atoms with E-state index in [1.165, 1.54) is 18.2 Å². The molecule has 1 aliphatic heterocycles. The van der Waals surface area contributed by atoms with E-state index in [4.69, 9.17) is 21.1 Å². The van der Waals surface area contributed by atoms with Crippen molar-refractivity contribution in [3.63, 3.8) is 0 Å². The van der Waals surface area contributed by atoms with Crippen LogP contribution in [0.15, 0.2) is 18.2 Å². The molecule has 5 nitrogen and oxygen atoms in total. The number of hydrogen-bond acceptors (Lipinski definition) is 3. The highest BCUT2D eigenvalue weighted by Crippen LogP contribution is 2.24. The minimum atomic E-state index is -0.418. The molecule has 1 unspecified atom stereocenters. The maximum absolute atomic E-state index is 12.8. The summed E-state index contributed by atoms with van der Waals surface area (Å²) in [4.78, 5) is 11.5. The van der Waals surface area contributed by atoms with Crippen molar-refractivity contribution in [2.45, 2.75) is 18.9 Å². The zero-order valence-corrected chi connectivity index (χ0v) is 12.3. The van der Waals surface area contributed by atoms with E-state index in [-0.39, 0.29) is 23.8 Å². The molecule has 0 radical (unpaired) electrons. The van der Waals surface area contributed by atoms with Crippen molar-refractivity contribution in [1.29, 1.82) is 0 Å². The number of ether oxygens (including phenoxy) is 2. The van der Waals surface area contributed by atoms with Crippen LogP contribution < -0.4 is 15.4 Å². The molecular weight excluding hydrogens is 299 g/mol. The van der Waals surface area contributed by atoms with Crippen LogP contribution in [0.3, 0.4) is 0 Å². The Morgan fingerprint density at radius 3 is 3.05 bits per heavy atom. The van der Waals surface area contributed by atoms with Gasteiger partial charge in [0.25, 0.3) is 0 Å². The summed E-state index contributed by atoms with van der Waals surface area (Å²) in [6.45, 7) is 1.85. The Balaban J connectivity index is 1.59. The number of hydrogen-bond donors (Lipinski definition) is 2. The summed E-state index contributed by atoms with van der Waals surface area (Å²) in [5.74, 6) is -0.0291. The average molecular weight is 317 g/mol. The number of urea groups is 1. The topological polar surface area (TPSA) is 59.6 Å². The van der Waals surface area contributed by atoms with E-state index >= 15 is 0 Å². The van der Waals surface area contributed by atoms with E-state index in [0.717, 1.165) is 19.4 Å². The zero-order chi connectivity index (χ0) is 15.1. The van der Waals surface area contributed by atoms with Crippen LogP contribution in [0.4, 0.5) is 9.18 Å². The fraction of sp³-hybridized carbons (Fsp3) is 0.500. The molecule has 2 rings (SSSR count). The summed E-state index contributed by atoms with van der Waals surface area (Å²) < 4.78 is 23.6. The lowest BCUT2D eigenvalue weighted by atomic mass is 10.2. The lowest BCUT2D eigenvalue weighted by Gasteiger charge is -2.12. The van der Waals surface area contributed by atoms with Crippen molar-refractivity contribution in [3.05, 3.63) is 29.0 Å². The molecule has 1 saturated heterocycles. The summed E-state index contributed by atoms with van der Waals surface area (Å²) in [6.07, 6.45) is 2.14. The van der Waals surface area contributed by atoms with Crippen LogP contribution in [0, 0.1) is 5.82 Å². The maximum atomic E-state index is 12.8. The lowest BCUT2D eigenvalue weighted by Crippen LogP contribution is -2.41. The highest BCUT2D eigenvalue weighted by atomic mass is 35.5. The molecule has 1 aromatic carbocycles. The molecule has 2 amide bonds. The highest BCUT2D eigenvalue weighted by Gasteiger charge is 2.15. The standard InChI is InChI=1S/C14H18ClFN2O3/c15-12-8-10(16)3-4-13(12)21-7-5-17-14(19)18-9-11-2-1-6-20-11/h3-4,8,11H,1-2,5-7,9H2,(H2,17,18,19). The molecule has 7 heteroatoms. The molecule has 116 valence electrons. The lowest BCUT2D eigenvalue weighted by molar-refractivity contribution is 0.111. The summed E-state index contributed by atoms with van der Waals surface area (Å²) in [5, 5.41) is 5.60. The fourth-order valence-corrected chi connectivity index (χ4v) is 2.21. The summed E-state index contributed by atoms with van der Waals surface area (Å²) in [5.41, 5.74) is 0. The number of benzene rings is 1. The number of carbonyl (C=O) groups excluding carboxylic acids is 1. The third-order valence-electron chi connectivity index (χ3n) is 3.05. The number of halogens is 2. The molecular formula is C14H18ClFN2O3. The first-order valence-electron chi connectivity index (χ1n) is 6.86. The number of amides is 2. The van der Waals surface area contributed by atoms with E-state index in [9.17, 15) is 9.18 Å². The van der Waals surface area contributed by atoms with E-state index < -0.39 is 5.82 Å². The predicted molar refractivity (Wildman–Crippen MR) is 77.3 cm³/mol. The van der Waals surface area contributed by atoms with Crippen molar-refractivity contribution < 1.29 is 18.7 Å². The van der Waals surface area contributed by atoms with E-state index in [0.29, 0.717) is 18.8 Å². The highest BCUT2D eigenvalue weighted by molar-refractivity contribution is 6.32. The molecule has 0 aromatic heterocycles. The van der Waals surface area contributed by atoms with Crippen LogP contribution in [-0.4, -0.2) is 38.4 Å². The molecule has 1 aromatic rings. The van der Waals surface area contributed by atoms with Gasteiger partial charge in [-0.25, -0.2) is 9.18 Å². The summed E-state index contributed by atoms with van der Waals surface area (Å²) in [7, 11) is 0. The molecule has 1 heterocycles. The first kappa shape index (κ1) is 15.9. The molecule has 1 aliphatic rings. The second-order valence-corrected chi connectivity index (χ2v) is 5.10. The van der Waals surface area contributed by atoms with Gasteiger partial charge in [-0.2, -0.15) is 0 Å². The van der Waals surface area contributed by atoms with Gasteiger partial charge in [0.2, 0.25) is 0 Å². The Morgan fingerprint density at radius 2 is 2.33 bits per heavy atom. The first-order chi connectivity index (χ1) is 10.1. The molecule has 0 spiro atoms. The van der Waals surface area contributed by atoms with Crippen molar-refractivity contribution in [1.82, 2.24) is 10.6 Å². The Labute approximate surface area is 127 Å². The monoisotopic (exact) mass is 316 g/mol. The minimum Gasteiger partial charge on any atom is -0.490 e. The Bertz CT molecular complexity index is 481. The molecule has 21 heavy (non-hydrogen) atoms. The third kappa shape index (κ3) is 5.40. The van der Waals surface area contributed by atoms with Crippen molar-refractivity contribution in [2.75, 3.05) is 26.3 Å². The van der Waals surface area contributed by atoms with Gasteiger partial charge in [-0.1, -0.05) is 11.6 Å². The Kier molecular flexibility index (Phi) is 6.07. The van der Waals surface area contributed by atoms with E-state index in [2.05, 4.69) is 10.6 Å². The quantitative estimate of drug-likeness (QED) is 0.792. The molecule has 0 aliphatic carbocycles. The van der Waals surface area contributed by atoms with Gasteiger partial charge < -0.3 is 20.1 Å². The fourth-order valence-electron chi connectivity index (χ4n) is 1.99. The van der Waals surface area contributed by atoms with Crippen molar-refractivity contribution in [3.8, 4) is 5.75 Å². The molecule has 0 bridgehead atoms. The number of nitrogens with one attached hydrogen (secondary N) is 2. The second-order valence-electron chi connectivity index (χ2n) is 4.70. The minimum absolute atomic E-state index is 0.116. The van der Waals surface area contributed by atoms with Crippen LogP contribution in [0.25, 0.3) is 0 Å². The third-order valence-corrected chi connectivity index (χ3v) is 3.35. The molecule has 2 N–H and O–H groups in total. The number of carbonyl (C=O) groups is 1. The van der Waals surface area contributed by atoms with Crippen molar-refractivity contribution >= 4 is 17.6 Å². The Hall–Kier alpha value is -1.53. The maximum Gasteiger partial charge on any atom is 0.315 e. The molecule has 1 fully saturated rings. The molecule has 1 atom stereocenters. The summed E-state index contributed by atoms with van der Waals surface area (Å²) >= 11 is 5.81. The average Bonchev–Trinajstić information content (AvgIpc) is 2.96. The predicted octanol–water partition coefficient (Wildman–Crippen LogP) is 2.34. The van der Waals surface area contributed by atoms with Gasteiger partial charge in [0.15, 0.2) is 0 Å². The van der Waals surface area contributed by atoms with Crippen LogP contribution in [0.2, 0.25) is 5.02 Å². The van der Waals surface area contributed by atoms with Gasteiger partial charge in [-0.05, 0) is 31.0 Å². The van der Waals surface area contributed by atoms with Crippen LogP contribution in [0.5, 0.6) is 5.75 Å². The van der Waals surface area contributed by atoms with Gasteiger partial charge in [0.05, 0.1) is 17.7 Å². The molecule has 0 saturated carbocycles. The largest absolute Gasteiger partial charge is 0.490 e. The first-order valence-corrected chi connectivity index (χ1v) is 7.24. The van der Waals surface area contributed by atoms with Crippen LogP contribution in [0.1, 0.15) is 12.8 Å².